The minimum atomic E-state index is -2.82. The van der Waals surface area contributed by atoms with Crippen molar-refractivity contribution in [2.45, 2.75) is 32.2 Å². The van der Waals surface area contributed by atoms with E-state index in [1.165, 1.54) is 25.1 Å². The van der Waals surface area contributed by atoms with Crippen LogP contribution < -0.4 is 20.5 Å². The van der Waals surface area contributed by atoms with Gasteiger partial charge in [0.05, 0.1) is 28.3 Å². The molecule has 0 unspecified atom stereocenters. The zero-order valence-corrected chi connectivity index (χ0v) is 18.4. The lowest BCUT2D eigenvalue weighted by Crippen LogP contribution is -2.41. The van der Waals surface area contributed by atoms with Crippen molar-refractivity contribution in [3.63, 3.8) is 0 Å². The summed E-state index contributed by atoms with van der Waals surface area (Å²) in [6.45, 7) is 6.75. The highest BCUT2D eigenvalue weighted by Gasteiger charge is 2.36. The van der Waals surface area contributed by atoms with Crippen LogP contribution in [0.15, 0.2) is 24.8 Å². The molecule has 33 heavy (non-hydrogen) atoms. The van der Waals surface area contributed by atoms with Gasteiger partial charge in [0.15, 0.2) is 0 Å². The monoisotopic (exact) mass is 459 g/mol. The summed E-state index contributed by atoms with van der Waals surface area (Å²) in [5.41, 5.74) is 6.39. The molecule has 4 rings (SSSR count). The first-order valence-electron chi connectivity index (χ1n) is 13.8. The lowest BCUT2D eigenvalue weighted by Gasteiger charge is -2.38. The molecule has 0 radical (unpaired) electrons. The van der Waals surface area contributed by atoms with Crippen LogP contribution in [0.1, 0.15) is 49.5 Å². The van der Waals surface area contributed by atoms with E-state index in [9.17, 15) is 9.59 Å². The maximum absolute atomic E-state index is 12.7. The maximum atomic E-state index is 12.7. The number of rotatable bonds is 6. The van der Waals surface area contributed by atoms with Crippen LogP contribution in [-0.4, -0.2) is 60.2 Å². The first-order chi connectivity index (χ1) is 18.2. The molecule has 2 aromatic rings. The fourth-order valence-electron chi connectivity index (χ4n) is 4.82. The van der Waals surface area contributed by atoms with Gasteiger partial charge in [-0.1, -0.05) is 6.58 Å². The molecule has 9 nitrogen and oxygen atoms in total. The average Bonchev–Trinajstić information content (AvgIpc) is 3.24. The van der Waals surface area contributed by atoms with Gasteiger partial charge < -0.3 is 25.4 Å². The van der Waals surface area contributed by atoms with Crippen molar-refractivity contribution in [1.82, 2.24) is 14.7 Å². The molecule has 1 fully saturated rings. The molecule has 3 heterocycles. The van der Waals surface area contributed by atoms with Crippen molar-refractivity contribution >= 4 is 17.6 Å². The van der Waals surface area contributed by atoms with E-state index < -0.39 is 20.0 Å². The Kier molecular flexibility index (Phi) is 4.49. The van der Waals surface area contributed by atoms with Gasteiger partial charge in [-0.25, -0.2) is 4.68 Å². The smallest absolute Gasteiger partial charge is 0.254 e. The van der Waals surface area contributed by atoms with Crippen LogP contribution in [0, 0.1) is 12.8 Å². The fourth-order valence-corrected chi connectivity index (χ4v) is 4.82. The van der Waals surface area contributed by atoms with E-state index in [0.717, 1.165) is 19.3 Å². The molecule has 2 amide bonds. The summed E-state index contributed by atoms with van der Waals surface area (Å²) in [6.07, 6.45) is 3.50. The Labute approximate surface area is 201 Å². The zero-order chi connectivity index (χ0) is 28.7. The predicted octanol–water partition coefficient (Wildman–Crippen LogP) is 2.76. The first-order valence-corrected chi connectivity index (χ1v) is 10.8. The summed E-state index contributed by atoms with van der Waals surface area (Å²) < 4.78 is 57.2. The number of benzene rings is 1. The SMILES string of the molecule is [2H]C([2H])([2H])Oc1cc(-c2nn3c(c2C(N)=O)NCC[C@@H]3C2CCN(C(=O)C=C)CC2)cc(OC([2H])([2H])[2H])c1C. The standard InChI is InChI=1S/C24H31N5O4/c1-5-20(30)28-10-7-15(8-11-28)17-6-9-26-24-21(23(25)31)22(27-29(17)24)16-12-18(32-3)14(2)19(13-16)33-4/h5,12-13,15,17,26H,1,6-11H2,2-4H3,(H2,25,31)/t17-/m1/s1/i3D3,4D3. The third-order valence-corrected chi connectivity index (χ3v) is 6.58. The molecule has 3 N–H and O–H groups in total. The van der Waals surface area contributed by atoms with E-state index in [4.69, 9.17) is 28.5 Å². The Morgan fingerprint density at radius 3 is 2.48 bits per heavy atom. The number of nitrogens with zero attached hydrogens (tertiary/aromatic N) is 3. The molecule has 9 heteroatoms. The van der Waals surface area contributed by atoms with Gasteiger partial charge in [-0.3, -0.25) is 9.59 Å². The van der Waals surface area contributed by atoms with Gasteiger partial charge in [0.2, 0.25) is 5.91 Å². The number of carbonyl (C=O) groups excluding carboxylic acids is 2. The number of aromatic nitrogens is 2. The van der Waals surface area contributed by atoms with Crippen LogP contribution >= 0.6 is 0 Å². The van der Waals surface area contributed by atoms with E-state index >= 15 is 0 Å². The number of nitrogens with two attached hydrogens (primary N) is 1. The molecule has 1 saturated heterocycles. The summed E-state index contributed by atoms with van der Waals surface area (Å²) in [5, 5.41) is 7.94. The van der Waals surface area contributed by atoms with Crippen LogP contribution in [0.25, 0.3) is 11.3 Å². The average molecular weight is 460 g/mol. The van der Waals surface area contributed by atoms with Crippen LogP contribution in [0.2, 0.25) is 0 Å². The minimum absolute atomic E-state index is 0.0856. The minimum Gasteiger partial charge on any atom is -0.496 e. The van der Waals surface area contributed by atoms with Crippen LogP contribution in [0.3, 0.4) is 0 Å². The van der Waals surface area contributed by atoms with E-state index in [1.807, 2.05) is 0 Å². The molecule has 0 bridgehead atoms. The Bertz CT molecular complexity index is 1240. The van der Waals surface area contributed by atoms with Gasteiger partial charge in [-0.2, -0.15) is 5.10 Å². The molecule has 176 valence electrons. The number of piperidine rings is 1. The van der Waals surface area contributed by atoms with Gasteiger partial charge in [-0.15, -0.1) is 0 Å². The molecule has 0 aliphatic carbocycles. The van der Waals surface area contributed by atoms with Crippen molar-refractivity contribution in [1.29, 1.82) is 0 Å². The zero-order valence-electron chi connectivity index (χ0n) is 24.4. The Hall–Kier alpha value is -3.49. The predicted molar refractivity (Wildman–Crippen MR) is 126 cm³/mol. The van der Waals surface area contributed by atoms with E-state index in [-0.39, 0.29) is 51.8 Å². The Morgan fingerprint density at radius 1 is 1.24 bits per heavy atom. The Morgan fingerprint density at radius 2 is 1.91 bits per heavy atom. The number of primary amides is 1. The van der Waals surface area contributed by atoms with Gasteiger partial charge in [0, 0.05) is 30.8 Å². The molecule has 0 spiro atoms. The van der Waals surface area contributed by atoms with Crippen molar-refractivity contribution in [2.24, 2.45) is 11.7 Å². The first kappa shape index (κ1) is 16.2. The number of carbonyl (C=O) groups is 2. The van der Waals surface area contributed by atoms with Gasteiger partial charge in [-0.05, 0) is 50.3 Å². The molecule has 1 atom stereocenters. The molecule has 2 aliphatic rings. The second-order valence-corrected chi connectivity index (χ2v) is 8.33. The number of amides is 2. The largest absolute Gasteiger partial charge is 0.496 e. The number of fused-ring (bicyclic) bond motifs is 1. The summed E-state index contributed by atoms with van der Waals surface area (Å²) in [5.74, 6) is -0.552. The third kappa shape index (κ3) is 4.03. The summed E-state index contributed by atoms with van der Waals surface area (Å²) in [4.78, 5) is 26.5. The highest BCUT2D eigenvalue weighted by Crippen LogP contribution is 2.42. The molecule has 1 aromatic carbocycles. The summed E-state index contributed by atoms with van der Waals surface area (Å²) in [7, 11) is -5.65. The van der Waals surface area contributed by atoms with Crippen molar-refractivity contribution in [3.8, 4) is 22.8 Å². The molecule has 0 saturated carbocycles. The lowest BCUT2D eigenvalue weighted by molar-refractivity contribution is -0.127. The fraction of sp³-hybridized carbons (Fsp3) is 0.458. The van der Waals surface area contributed by atoms with Crippen LogP contribution in [0.5, 0.6) is 11.5 Å². The highest BCUT2D eigenvalue weighted by atomic mass is 16.5. The van der Waals surface area contributed by atoms with Crippen molar-refractivity contribution < 1.29 is 27.3 Å². The number of nitrogens with one attached hydrogen (secondary N) is 1. The third-order valence-electron chi connectivity index (χ3n) is 6.58. The quantitative estimate of drug-likeness (QED) is 0.643. The van der Waals surface area contributed by atoms with E-state index in [0.29, 0.717) is 25.5 Å². The molecule has 1 aromatic heterocycles. The van der Waals surface area contributed by atoms with Crippen LogP contribution in [0.4, 0.5) is 5.82 Å². The topological polar surface area (TPSA) is 112 Å². The van der Waals surface area contributed by atoms with Gasteiger partial charge in [0.1, 0.15) is 28.6 Å². The number of likely N-dealkylation sites (tertiary alicyclic amines) is 1. The van der Waals surface area contributed by atoms with Crippen LogP contribution in [-0.2, 0) is 4.79 Å². The molecular formula is C24H31N5O4. The highest BCUT2D eigenvalue weighted by molar-refractivity contribution is 6.04. The summed E-state index contributed by atoms with van der Waals surface area (Å²) >= 11 is 0. The van der Waals surface area contributed by atoms with E-state index in [2.05, 4.69) is 11.9 Å². The number of anilines is 1. The Balaban J connectivity index is 1.79. The number of hydrogen-bond donors (Lipinski definition) is 2. The normalized spacial score (nSPS) is 21.7. The molecule has 2 aliphatic heterocycles. The summed E-state index contributed by atoms with van der Waals surface area (Å²) in [6, 6.07) is 2.67. The maximum Gasteiger partial charge on any atom is 0.254 e. The van der Waals surface area contributed by atoms with Crippen molar-refractivity contribution in [3.05, 3.63) is 35.9 Å². The number of ether oxygens (including phenoxy) is 2. The van der Waals surface area contributed by atoms with E-state index in [1.54, 1.807) is 9.58 Å². The van der Waals surface area contributed by atoms with Crippen molar-refractivity contribution in [2.75, 3.05) is 39.0 Å². The van der Waals surface area contributed by atoms with Gasteiger partial charge in [0.25, 0.3) is 5.91 Å². The number of hydrogen-bond acceptors (Lipinski definition) is 6. The second kappa shape index (κ2) is 9.17. The lowest BCUT2D eigenvalue weighted by atomic mass is 9.87. The van der Waals surface area contributed by atoms with Gasteiger partial charge >= 0.3 is 0 Å². The molecular weight excluding hydrogens is 422 g/mol. The second-order valence-electron chi connectivity index (χ2n) is 8.33. The number of methoxy groups -OCH3 is 2.